The lowest BCUT2D eigenvalue weighted by Crippen LogP contribution is -2.03. The van der Waals surface area contributed by atoms with Crippen LogP contribution in [0.3, 0.4) is 0 Å². The molecular weight excluding hydrogens is 284 g/mol. The number of hydrogen-bond acceptors (Lipinski definition) is 4. The highest BCUT2D eigenvalue weighted by molar-refractivity contribution is 7.90. The van der Waals surface area contributed by atoms with E-state index in [1.165, 1.54) is 17.4 Å². The van der Waals surface area contributed by atoms with E-state index in [1.54, 1.807) is 24.3 Å². The Morgan fingerprint density at radius 3 is 2.05 bits per heavy atom. The SMILES string of the molecule is CS(=O)(=O)c1ccc(NCc2ccc(CCN)cc2)cc1. The van der Waals surface area contributed by atoms with E-state index in [9.17, 15) is 8.42 Å². The molecule has 0 saturated heterocycles. The Bertz CT molecular complexity index is 677. The number of benzene rings is 2. The second-order valence-electron chi connectivity index (χ2n) is 5.01. The van der Waals surface area contributed by atoms with Gasteiger partial charge in [-0.15, -0.1) is 0 Å². The molecule has 0 bridgehead atoms. The first-order chi connectivity index (χ1) is 9.99. The maximum Gasteiger partial charge on any atom is 0.175 e. The van der Waals surface area contributed by atoms with Crippen molar-refractivity contribution < 1.29 is 8.42 Å². The number of anilines is 1. The highest BCUT2D eigenvalue weighted by Crippen LogP contribution is 2.15. The molecule has 5 heteroatoms. The molecule has 0 spiro atoms. The molecule has 2 aromatic carbocycles. The van der Waals surface area contributed by atoms with Crippen molar-refractivity contribution in [3.05, 3.63) is 59.7 Å². The molecule has 0 fully saturated rings. The Balaban J connectivity index is 1.96. The molecular formula is C16H20N2O2S. The first-order valence-corrected chi connectivity index (χ1v) is 8.70. The third-order valence-electron chi connectivity index (χ3n) is 3.24. The molecule has 0 saturated carbocycles. The molecule has 0 aliphatic heterocycles. The lowest BCUT2D eigenvalue weighted by Gasteiger charge is -2.08. The van der Waals surface area contributed by atoms with Gasteiger partial charge in [-0.2, -0.15) is 0 Å². The summed E-state index contributed by atoms with van der Waals surface area (Å²) in [6, 6.07) is 15.1. The summed E-state index contributed by atoms with van der Waals surface area (Å²) in [5.74, 6) is 0. The number of hydrogen-bond donors (Lipinski definition) is 2. The van der Waals surface area contributed by atoms with Gasteiger partial charge in [0.25, 0.3) is 0 Å². The molecule has 2 aromatic rings. The van der Waals surface area contributed by atoms with Crippen LogP contribution in [0.15, 0.2) is 53.4 Å². The molecule has 0 aliphatic rings. The molecule has 21 heavy (non-hydrogen) atoms. The number of nitrogens with one attached hydrogen (secondary N) is 1. The Labute approximate surface area is 125 Å². The zero-order chi connectivity index (χ0) is 15.3. The summed E-state index contributed by atoms with van der Waals surface area (Å²) >= 11 is 0. The summed E-state index contributed by atoms with van der Waals surface area (Å²) in [6.07, 6.45) is 2.10. The molecule has 0 unspecified atom stereocenters. The topological polar surface area (TPSA) is 72.2 Å². The zero-order valence-corrected chi connectivity index (χ0v) is 12.9. The van der Waals surface area contributed by atoms with Gasteiger partial charge in [0.15, 0.2) is 9.84 Å². The van der Waals surface area contributed by atoms with E-state index < -0.39 is 9.84 Å². The Morgan fingerprint density at radius 2 is 1.52 bits per heavy atom. The molecule has 0 heterocycles. The minimum Gasteiger partial charge on any atom is -0.381 e. The van der Waals surface area contributed by atoms with E-state index in [4.69, 9.17) is 5.73 Å². The van der Waals surface area contributed by atoms with E-state index >= 15 is 0 Å². The van der Waals surface area contributed by atoms with Gasteiger partial charge < -0.3 is 11.1 Å². The largest absolute Gasteiger partial charge is 0.381 e. The predicted molar refractivity (Wildman–Crippen MR) is 86.1 cm³/mol. The van der Waals surface area contributed by atoms with Crippen molar-refractivity contribution in [1.29, 1.82) is 0 Å². The fraction of sp³-hybridized carbons (Fsp3) is 0.250. The van der Waals surface area contributed by atoms with Gasteiger partial charge in [0.1, 0.15) is 0 Å². The van der Waals surface area contributed by atoms with E-state index in [1.807, 2.05) is 0 Å². The lowest BCUT2D eigenvalue weighted by atomic mass is 10.1. The monoisotopic (exact) mass is 304 g/mol. The average molecular weight is 304 g/mol. The van der Waals surface area contributed by atoms with Gasteiger partial charge in [-0.3, -0.25) is 0 Å². The van der Waals surface area contributed by atoms with Crippen molar-refractivity contribution in [2.45, 2.75) is 17.9 Å². The van der Waals surface area contributed by atoms with Crippen molar-refractivity contribution in [3.8, 4) is 0 Å². The summed E-state index contributed by atoms with van der Waals surface area (Å²) in [5, 5.41) is 3.27. The van der Waals surface area contributed by atoms with E-state index in [0.717, 1.165) is 12.1 Å². The Kier molecular flexibility index (Phi) is 4.98. The van der Waals surface area contributed by atoms with E-state index in [0.29, 0.717) is 18.0 Å². The van der Waals surface area contributed by atoms with Crippen LogP contribution in [-0.2, 0) is 22.8 Å². The second kappa shape index (κ2) is 6.74. The fourth-order valence-corrected chi connectivity index (χ4v) is 2.65. The molecule has 0 atom stereocenters. The summed E-state index contributed by atoms with van der Waals surface area (Å²) in [5.41, 5.74) is 8.82. The van der Waals surface area contributed by atoms with Crippen LogP contribution in [0.1, 0.15) is 11.1 Å². The first kappa shape index (κ1) is 15.5. The maximum atomic E-state index is 11.4. The van der Waals surface area contributed by atoms with Gasteiger partial charge in [-0.1, -0.05) is 24.3 Å². The third kappa shape index (κ3) is 4.58. The molecule has 4 nitrogen and oxygen atoms in total. The van der Waals surface area contributed by atoms with Crippen molar-refractivity contribution in [1.82, 2.24) is 0 Å². The van der Waals surface area contributed by atoms with Gasteiger partial charge in [-0.05, 0) is 48.4 Å². The average Bonchev–Trinajstić information content (AvgIpc) is 2.46. The van der Waals surface area contributed by atoms with Gasteiger partial charge in [0.05, 0.1) is 4.90 Å². The molecule has 0 aromatic heterocycles. The number of rotatable bonds is 6. The molecule has 112 valence electrons. The highest BCUT2D eigenvalue weighted by atomic mass is 32.2. The van der Waals surface area contributed by atoms with Crippen LogP contribution in [0.4, 0.5) is 5.69 Å². The fourth-order valence-electron chi connectivity index (χ4n) is 2.01. The summed E-state index contributed by atoms with van der Waals surface area (Å²) in [6.45, 7) is 1.35. The van der Waals surface area contributed by atoms with Crippen molar-refractivity contribution in [3.63, 3.8) is 0 Å². The molecule has 0 amide bonds. The smallest absolute Gasteiger partial charge is 0.175 e. The molecule has 0 radical (unpaired) electrons. The van der Waals surface area contributed by atoms with Crippen LogP contribution in [0.2, 0.25) is 0 Å². The van der Waals surface area contributed by atoms with E-state index in [2.05, 4.69) is 29.6 Å². The predicted octanol–water partition coefficient (Wildman–Crippen LogP) is 2.20. The quantitative estimate of drug-likeness (QED) is 0.858. The van der Waals surface area contributed by atoms with Gasteiger partial charge >= 0.3 is 0 Å². The molecule has 0 aliphatic carbocycles. The van der Waals surface area contributed by atoms with Crippen LogP contribution in [0.25, 0.3) is 0 Å². The van der Waals surface area contributed by atoms with Crippen LogP contribution >= 0.6 is 0 Å². The highest BCUT2D eigenvalue weighted by Gasteiger charge is 2.05. The van der Waals surface area contributed by atoms with Gasteiger partial charge in [0.2, 0.25) is 0 Å². The van der Waals surface area contributed by atoms with Gasteiger partial charge in [-0.25, -0.2) is 8.42 Å². The second-order valence-corrected chi connectivity index (χ2v) is 7.02. The third-order valence-corrected chi connectivity index (χ3v) is 4.36. The first-order valence-electron chi connectivity index (χ1n) is 6.81. The van der Waals surface area contributed by atoms with Crippen molar-refractivity contribution in [2.24, 2.45) is 5.73 Å². The summed E-state index contributed by atoms with van der Waals surface area (Å²) in [7, 11) is -3.13. The summed E-state index contributed by atoms with van der Waals surface area (Å²) < 4.78 is 22.8. The Morgan fingerprint density at radius 1 is 0.952 bits per heavy atom. The standard InChI is InChI=1S/C16H20N2O2S/c1-21(19,20)16-8-6-15(7-9-16)18-12-14-4-2-13(3-5-14)10-11-17/h2-9,18H,10-12,17H2,1H3. The maximum absolute atomic E-state index is 11.4. The normalized spacial score (nSPS) is 11.3. The van der Waals surface area contributed by atoms with Crippen LogP contribution < -0.4 is 11.1 Å². The van der Waals surface area contributed by atoms with Crippen molar-refractivity contribution >= 4 is 15.5 Å². The Hall–Kier alpha value is -1.85. The minimum atomic E-state index is -3.13. The minimum absolute atomic E-state index is 0.333. The summed E-state index contributed by atoms with van der Waals surface area (Å²) in [4.78, 5) is 0.333. The number of sulfone groups is 1. The van der Waals surface area contributed by atoms with Crippen LogP contribution in [0.5, 0.6) is 0 Å². The van der Waals surface area contributed by atoms with Crippen molar-refractivity contribution in [2.75, 3.05) is 18.1 Å². The molecule has 2 rings (SSSR count). The van der Waals surface area contributed by atoms with Gasteiger partial charge in [0, 0.05) is 18.5 Å². The van der Waals surface area contributed by atoms with E-state index in [-0.39, 0.29) is 0 Å². The lowest BCUT2D eigenvalue weighted by molar-refractivity contribution is 0.602. The zero-order valence-electron chi connectivity index (χ0n) is 12.0. The molecule has 3 N–H and O–H groups in total. The number of nitrogens with two attached hydrogens (primary N) is 1. The van der Waals surface area contributed by atoms with Crippen LogP contribution in [-0.4, -0.2) is 21.2 Å². The van der Waals surface area contributed by atoms with Crippen LogP contribution in [0, 0.1) is 0 Å².